The van der Waals surface area contributed by atoms with E-state index in [2.05, 4.69) is 17.4 Å². The van der Waals surface area contributed by atoms with Crippen LogP contribution in [0, 0.1) is 11.7 Å². The number of hydrogen-bond acceptors (Lipinski definition) is 3. The lowest BCUT2D eigenvalue weighted by molar-refractivity contribution is 0.174. The lowest BCUT2D eigenvalue weighted by Crippen LogP contribution is -2.35. The molecule has 0 unspecified atom stereocenters. The fraction of sp³-hybridized carbons (Fsp3) is 0.400. The van der Waals surface area contributed by atoms with Gasteiger partial charge in [-0.1, -0.05) is 18.2 Å². The Morgan fingerprint density at radius 2 is 1.84 bits per heavy atom. The van der Waals surface area contributed by atoms with Gasteiger partial charge in [-0.25, -0.2) is 4.39 Å². The average molecular weight is 364 g/mol. The van der Waals surface area contributed by atoms with Crippen LogP contribution in [0.5, 0.6) is 11.5 Å². The van der Waals surface area contributed by atoms with E-state index in [-0.39, 0.29) is 18.2 Å². The predicted molar refractivity (Wildman–Crippen MR) is 98.3 cm³/mol. The Morgan fingerprint density at radius 3 is 2.68 bits per heavy atom. The molecule has 2 atom stereocenters. The van der Waals surface area contributed by atoms with Crippen molar-refractivity contribution in [2.24, 2.45) is 5.92 Å². The van der Waals surface area contributed by atoms with Gasteiger partial charge in [0.1, 0.15) is 5.82 Å². The molecule has 2 aromatic carbocycles. The van der Waals surface area contributed by atoms with E-state index in [4.69, 9.17) is 9.47 Å². The quantitative estimate of drug-likeness (QED) is 0.878. The summed E-state index contributed by atoms with van der Waals surface area (Å²) in [6.07, 6.45) is 3.23. The van der Waals surface area contributed by atoms with Crippen molar-refractivity contribution in [1.82, 2.24) is 5.32 Å². The molecular formula is C20H23ClFNO2. The number of piperidine rings is 1. The Hall–Kier alpha value is -1.78. The van der Waals surface area contributed by atoms with E-state index >= 15 is 0 Å². The van der Waals surface area contributed by atoms with Crippen molar-refractivity contribution in [2.75, 3.05) is 19.9 Å². The second-order valence-corrected chi connectivity index (χ2v) is 6.64. The third kappa shape index (κ3) is 4.07. The van der Waals surface area contributed by atoms with Crippen LogP contribution in [0.15, 0.2) is 42.5 Å². The lowest BCUT2D eigenvalue weighted by atomic mass is 9.78. The van der Waals surface area contributed by atoms with Gasteiger partial charge in [0, 0.05) is 0 Å². The van der Waals surface area contributed by atoms with E-state index in [1.165, 1.54) is 11.1 Å². The minimum Gasteiger partial charge on any atom is -0.454 e. The van der Waals surface area contributed by atoms with E-state index in [9.17, 15) is 4.39 Å². The number of benzene rings is 2. The first kappa shape index (κ1) is 18.0. The van der Waals surface area contributed by atoms with Crippen LogP contribution in [0.25, 0.3) is 0 Å². The number of ether oxygens (including phenoxy) is 2. The van der Waals surface area contributed by atoms with Gasteiger partial charge >= 0.3 is 0 Å². The van der Waals surface area contributed by atoms with Gasteiger partial charge in [0.05, 0.1) is 0 Å². The van der Waals surface area contributed by atoms with Crippen LogP contribution in [0.2, 0.25) is 0 Å². The van der Waals surface area contributed by atoms with Gasteiger partial charge in [-0.15, -0.1) is 12.4 Å². The number of halogens is 2. The summed E-state index contributed by atoms with van der Waals surface area (Å²) in [6.45, 7) is 2.37. The van der Waals surface area contributed by atoms with Gasteiger partial charge in [-0.05, 0) is 79.6 Å². The van der Waals surface area contributed by atoms with Crippen molar-refractivity contribution in [1.29, 1.82) is 0 Å². The van der Waals surface area contributed by atoms with Crippen LogP contribution < -0.4 is 14.8 Å². The Labute approximate surface area is 153 Å². The zero-order valence-electron chi connectivity index (χ0n) is 14.0. The minimum atomic E-state index is -0.162. The largest absolute Gasteiger partial charge is 0.454 e. The zero-order chi connectivity index (χ0) is 16.4. The van der Waals surface area contributed by atoms with Crippen molar-refractivity contribution in [3.8, 4) is 11.5 Å². The van der Waals surface area contributed by atoms with Crippen LogP contribution in [0.1, 0.15) is 29.9 Å². The maximum Gasteiger partial charge on any atom is 0.231 e. The summed E-state index contributed by atoms with van der Waals surface area (Å²) in [4.78, 5) is 0. The fourth-order valence-electron chi connectivity index (χ4n) is 3.82. The molecule has 3 nitrogen and oxygen atoms in total. The van der Waals surface area contributed by atoms with Gasteiger partial charge in [0.25, 0.3) is 0 Å². The second-order valence-electron chi connectivity index (χ2n) is 6.64. The van der Waals surface area contributed by atoms with Crippen LogP contribution in [0.4, 0.5) is 4.39 Å². The highest BCUT2D eigenvalue weighted by Gasteiger charge is 2.26. The molecule has 1 saturated heterocycles. The summed E-state index contributed by atoms with van der Waals surface area (Å²) in [7, 11) is 0. The Morgan fingerprint density at radius 1 is 1.04 bits per heavy atom. The summed E-state index contributed by atoms with van der Waals surface area (Å²) in [6, 6.07) is 13.2. The molecule has 0 saturated carbocycles. The molecular weight excluding hydrogens is 341 g/mol. The van der Waals surface area contributed by atoms with Crippen molar-refractivity contribution in [3.63, 3.8) is 0 Å². The Bertz CT molecular complexity index is 707. The second kappa shape index (κ2) is 8.07. The maximum absolute atomic E-state index is 13.2. The van der Waals surface area contributed by atoms with Gasteiger partial charge in [-0.3, -0.25) is 0 Å². The van der Waals surface area contributed by atoms with Crippen molar-refractivity contribution in [3.05, 3.63) is 59.4 Å². The zero-order valence-corrected chi connectivity index (χ0v) is 14.9. The van der Waals surface area contributed by atoms with Crippen molar-refractivity contribution < 1.29 is 13.9 Å². The molecule has 2 aromatic rings. The van der Waals surface area contributed by atoms with Crippen LogP contribution in [-0.4, -0.2) is 19.9 Å². The number of hydrogen-bond donors (Lipinski definition) is 1. The smallest absolute Gasteiger partial charge is 0.231 e. The standard InChI is InChI=1S/C20H22FNO2.ClH/c21-17-6-4-15(5-7-17)18-9-10-22-12-16(18)3-1-14-2-8-19-20(11-14)24-13-23-19;/h2,4-8,11,16,18,22H,1,3,9-10,12-13H2;1H/t16-,18+;/m1./s1. The topological polar surface area (TPSA) is 30.5 Å². The Kier molecular flexibility index (Phi) is 5.82. The molecule has 0 bridgehead atoms. The fourth-order valence-corrected chi connectivity index (χ4v) is 3.82. The lowest BCUT2D eigenvalue weighted by Gasteiger charge is -2.32. The van der Waals surface area contributed by atoms with E-state index in [1.807, 2.05) is 18.2 Å². The minimum absolute atomic E-state index is 0. The summed E-state index contributed by atoms with van der Waals surface area (Å²) in [5, 5.41) is 3.51. The summed E-state index contributed by atoms with van der Waals surface area (Å²) >= 11 is 0. The van der Waals surface area contributed by atoms with Gasteiger partial charge in [-0.2, -0.15) is 0 Å². The number of nitrogens with one attached hydrogen (secondary N) is 1. The molecule has 0 aromatic heterocycles. The molecule has 25 heavy (non-hydrogen) atoms. The SMILES string of the molecule is Cl.Fc1ccc([C@@H]2CCNC[C@H]2CCc2ccc3c(c2)OCO3)cc1. The maximum atomic E-state index is 13.2. The third-order valence-electron chi connectivity index (χ3n) is 5.15. The average Bonchev–Trinajstić information content (AvgIpc) is 3.09. The highest BCUT2D eigenvalue weighted by Crippen LogP contribution is 2.35. The first-order valence-corrected chi connectivity index (χ1v) is 8.64. The molecule has 2 aliphatic rings. The van der Waals surface area contributed by atoms with Gasteiger partial charge < -0.3 is 14.8 Å². The van der Waals surface area contributed by atoms with E-state index in [0.29, 0.717) is 18.6 Å². The molecule has 2 heterocycles. The van der Waals surface area contributed by atoms with Crippen molar-refractivity contribution in [2.45, 2.75) is 25.2 Å². The molecule has 0 aliphatic carbocycles. The summed E-state index contributed by atoms with van der Waals surface area (Å²) < 4.78 is 24.0. The van der Waals surface area contributed by atoms with Gasteiger partial charge in [0.2, 0.25) is 6.79 Å². The van der Waals surface area contributed by atoms with E-state index < -0.39 is 0 Å². The monoisotopic (exact) mass is 363 g/mol. The first-order chi connectivity index (χ1) is 11.8. The van der Waals surface area contributed by atoms with E-state index in [1.54, 1.807) is 12.1 Å². The van der Waals surface area contributed by atoms with E-state index in [0.717, 1.165) is 43.9 Å². The molecule has 5 heteroatoms. The molecule has 4 rings (SSSR count). The molecule has 1 fully saturated rings. The molecule has 2 aliphatic heterocycles. The van der Waals surface area contributed by atoms with Crippen LogP contribution in [0.3, 0.4) is 0 Å². The van der Waals surface area contributed by atoms with Gasteiger partial charge in [0.15, 0.2) is 11.5 Å². The summed E-state index contributed by atoms with van der Waals surface area (Å²) in [5.41, 5.74) is 2.54. The first-order valence-electron chi connectivity index (χ1n) is 8.64. The predicted octanol–water partition coefficient (Wildman–Crippen LogP) is 4.30. The van der Waals surface area contributed by atoms with Crippen LogP contribution >= 0.6 is 12.4 Å². The molecule has 134 valence electrons. The highest BCUT2D eigenvalue weighted by molar-refractivity contribution is 5.85. The Balaban J connectivity index is 0.00000182. The van der Waals surface area contributed by atoms with Crippen LogP contribution in [-0.2, 0) is 6.42 Å². The molecule has 0 amide bonds. The number of rotatable bonds is 4. The highest BCUT2D eigenvalue weighted by atomic mass is 35.5. The summed E-state index contributed by atoms with van der Waals surface area (Å²) in [5.74, 6) is 2.59. The molecule has 1 N–H and O–H groups in total. The van der Waals surface area contributed by atoms with Crippen molar-refractivity contribution >= 4 is 12.4 Å². The molecule has 0 spiro atoms. The number of aryl methyl sites for hydroxylation is 1. The molecule has 0 radical (unpaired) electrons. The third-order valence-corrected chi connectivity index (χ3v) is 5.15. The normalized spacial score (nSPS) is 21.6. The number of fused-ring (bicyclic) bond motifs is 1.